The third kappa shape index (κ3) is 4.17. The Bertz CT molecular complexity index is 359. The van der Waals surface area contributed by atoms with Crippen LogP contribution in [0.15, 0.2) is 0 Å². The van der Waals surface area contributed by atoms with Crippen molar-refractivity contribution in [3.05, 3.63) is 11.6 Å². The van der Waals surface area contributed by atoms with Crippen molar-refractivity contribution in [3.63, 3.8) is 0 Å². The number of aromatic nitrogens is 3. The summed E-state index contributed by atoms with van der Waals surface area (Å²) in [5, 5.41) is 9.54. The number of rotatable bonds is 6. The number of nitrogens with one attached hydrogen (secondary N) is 2. The van der Waals surface area contributed by atoms with Crippen LogP contribution in [-0.4, -0.2) is 27.6 Å². The molecule has 1 aromatic heterocycles. The van der Waals surface area contributed by atoms with Crippen molar-refractivity contribution >= 4 is 5.91 Å². The minimum Gasteiger partial charge on any atom is -0.349 e. The fourth-order valence-electron chi connectivity index (χ4n) is 1.31. The highest BCUT2D eigenvalue weighted by Gasteiger charge is 2.14. The van der Waals surface area contributed by atoms with Gasteiger partial charge in [0, 0.05) is 13.0 Å². The SMILES string of the molecule is CCCc1nc(C(=O)NCC(C)C(C)C)n[nH]1. The van der Waals surface area contributed by atoms with Gasteiger partial charge in [-0.05, 0) is 18.3 Å². The summed E-state index contributed by atoms with van der Waals surface area (Å²) < 4.78 is 0. The van der Waals surface area contributed by atoms with Gasteiger partial charge in [0.2, 0.25) is 5.82 Å². The fourth-order valence-corrected chi connectivity index (χ4v) is 1.31. The first kappa shape index (κ1) is 13.7. The second-order valence-corrected chi connectivity index (χ2v) is 4.79. The molecule has 5 nitrogen and oxygen atoms in total. The van der Waals surface area contributed by atoms with Crippen molar-refractivity contribution in [1.29, 1.82) is 0 Å². The minimum absolute atomic E-state index is 0.198. The number of H-pyrrole nitrogens is 1. The van der Waals surface area contributed by atoms with Gasteiger partial charge in [-0.15, -0.1) is 5.10 Å². The number of hydrogen-bond donors (Lipinski definition) is 2. The topological polar surface area (TPSA) is 70.7 Å². The molecule has 0 aliphatic carbocycles. The van der Waals surface area contributed by atoms with Gasteiger partial charge in [-0.25, -0.2) is 4.98 Å². The predicted molar refractivity (Wildman–Crippen MR) is 66.7 cm³/mol. The molecule has 17 heavy (non-hydrogen) atoms. The summed E-state index contributed by atoms with van der Waals surface area (Å²) in [4.78, 5) is 15.9. The van der Waals surface area contributed by atoms with Crippen LogP contribution >= 0.6 is 0 Å². The van der Waals surface area contributed by atoms with Gasteiger partial charge in [-0.1, -0.05) is 27.7 Å². The van der Waals surface area contributed by atoms with Crippen LogP contribution in [0.3, 0.4) is 0 Å². The van der Waals surface area contributed by atoms with E-state index in [-0.39, 0.29) is 11.7 Å². The van der Waals surface area contributed by atoms with E-state index in [0.29, 0.717) is 18.4 Å². The first-order valence-corrected chi connectivity index (χ1v) is 6.24. The molecule has 0 radical (unpaired) electrons. The average Bonchev–Trinajstić information content (AvgIpc) is 2.74. The number of nitrogens with zero attached hydrogens (tertiary/aromatic N) is 2. The predicted octanol–water partition coefficient (Wildman–Crippen LogP) is 1.78. The normalized spacial score (nSPS) is 12.8. The molecule has 0 aromatic carbocycles. The first-order valence-electron chi connectivity index (χ1n) is 6.24. The van der Waals surface area contributed by atoms with Gasteiger partial charge in [-0.2, -0.15) is 0 Å². The Morgan fingerprint density at radius 3 is 2.71 bits per heavy atom. The molecule has 0 saturated heterocycles. The van der Waals surface area contributed by atoms with E-state index < -0.39 is 0 Å². The molecular formula is C12H22N4O. The van der Waals surface area contributed by atoms with Gasteiger partial charge >= 0.3 is 0 Å². The molecule has 96 valence electrons. The van der Waals surface area contributed by atoms with Gasteiger partial charge in [0.05, 0.1) is 0 Å². The van der Waals surface area contributed by atoms with Gasteiger partial charge in [0.15, 0.2) is 0 Å². The number of hydrogen-bond acceptors (Lipinski definition) is 3. The summed E-state index contributed by atoms with van der Waals surface area (Å²) in [7, 11) is 0. The molecule has 0 aliphatic heterocycles. The van der Waals surface area contributed by atoms with Crippen molar-refractivity contribution in [2.45, 2.75) is 40.5 Å². The van der Waals surface area contributed by atoms with Crippen molar-refractivity contribution in [1.82, 2.24) is 20.5 Å². The maximum absolute atomic E-state index is 11.7. The summed E-state index contributed by atoms with van der Waals surface area (Å²) in [6.07, 6.45) is 1.81. The Morgan fingerprint density at radius 2 is 2.12 bits per heavy atom. The zero-order valence-electron chi connectivity index (χ0n) is 11.1. The van der Waals surface area contributed by atoms with Gasteiger partial charge in [0.1, 0.15) is 5.82 Å². The molecule has 1 unspecified atom stereocenters. The second-order valence-electron chi connectivity index (χ2n) is 4.79. The minimum atomic E-state index is -0.198. The van der Waals surface area contributed by atoms with Crippen molar-refractivity contribution in [2.75, 3.05) is 6.54 Å². The van der Waals surface area contributed by atoms with E-state index in [1.165, 1.54) is 0 Å². The molecule has 0 fully saturated rings. The van der Waals surface area contributed by atoms with E-state index >= 15 is 0 Å². The van der Waals surface area contributed by atoms with Crippen LogP contribution in [0.1, 0.15) is 50.6 Å². The van der Waals surface area contributed by atoms with E-state index in [1.807, 2.05) is 0 Å². The molecule has 1 aromatic rings. The van der Waals surface area contributed by atoms with Crippen LogP contribution in [0, 0.1) is 11.8 Å². The van der Waals surface area contributed by atoms with Crippen molar-refractivity contribution < 1.29 is 4.79 Å². The molecule has 0 bridgehead atoms. The number of amides is 1. The molecule has 1 atom stereocenters. The molecular weight excluding hydrogens is 216 g/mol. The van der Waals surface area contributed by atoms with Crippen molar-refractivity contribution in [3.8, 4) is 0 Å². The molecule has 5 heteroatoms. The third-order valence-corrected chi connectivity index (χ3v) is 2.94. The Hall–Kier alpha value is -1.39. The van der Waals surface area contributed by atoms with Crippen LogP contribution in [0.2, 0.25) is 0 Å². The zero-order chi connectivity index (χ0) is 12.8. The fraction of sp³-hybridized carbons (Fsp3) is 0.750. The van der Waals surface area contributed by atoms with Gasteiger partial charge in [-0.3, -0.25) is 9.89 Å². The van der Waals surface area contributed by atoms with Crippen LogP contribution in [0.4, 0.5) is 0 Å². The highest BCUT2D eigenvalue weighted by molar-refractivity contribution is 5.90. The molecule has 0 saturated carbocycles. The zero-order valence-corrected chi connectivity index (χ0v) is 11.1. The van der Waals surface area contributed by atoms with E-state index in [1.54, 1.807) is 0 Å². The van der Waals surface area contributed by atoms with Crippen LogP contribution in [-0.2, 0) is 6.42 Å². The number of carbonyl (C=O) groups excluding carboxylic acids is 1. The summed E-state index contributed by atoms with van der Waals surface area (Å²) in [5.74, 6) is 1.82. The van der Waals surface area contributed by atoms with Crippen LogP contribution in [0.25, 0.3) is 0 Å². The molecule has 0 aliphatic rings. The largest absolute Gasteiger partial charge is 0.349 e. The maximum atomic E-state index is 11.7. The third-order valence-electron chi connectivity index (χ3n) is 2.94. The summed E-state index contributed by atoms with van der Waals surface area (Å²) in [5.41, 5.74) is 0. The monoisotopic (exact) mass is 238 g/mol. The molecule has 1 rings (SSSR count). The lowest BCUT2D eigenvalue weighted by Gasteiger charge is -2.15. The van der Waals surface area contributed by atoms with Gasteiger partial charge < -0.3 is 5.32 Å². The lowest BCUT2D eigenvalue weighted by atomic mass is 9.98. The van der Waals surface area contributed by atoms with Crippen molar-refractivity contribution in [2.24, 2.45) is 11.8 Å². The van der Waals surface area contributed by atoms with E-state index in [4.69, 9.17) is 0 Å². The Labute approximate surface area is 102 Å². The highest BCUT2D eigenvalue weighted by Crippen LogP contribution is 2.07. The number of aromatic amines is 1. The second kappa shape index (κ2) is 6.37. The first-order chi connectivity index (χ1) is 8.04. The van der Waals surface area contributed by atoms with E-state index in [0.717, 1.165) is 18.7 Å². The highest BCUT2D eigenvalue weighted by atomic mass is 16.2. The summed E-state index contributed by atoms with van der Waals surface area (Å²) in [6, 6.07) is 0. The molecule has 1 amide bonds. The lowest BCUT2D eigenvalue weighted by molar-refractivity contribution is 0.0935. The van der Waals surface area contributed by atoms with E-state index in [2.05, 4.69) is 48.2 Å². The summed E-state index contributed by atoms with van der Waals surface area (Å²) in [6.45, 7) is 9.12. The Morgan fingerprint density at radius 1 is 1.41 bits per heavy atom. The molecule has 2 N–H and O–H groups in total. The van der Waals surface area contributed by atoms with Crippen LogP contribution < -0.4 is 5.32 Å². The lowest BCUT2D eigenvalue weighted by Crippen LogP contribution is -2.30. The Balaban J connectivity index is 2.46. The van der Waals surface area contributed by atoms with Gasteiger partial charge in [0.25, 0.3) is 5.91 Å². The average molecular weight is 238 g/mol. The van der Waals surface area contributed by atoms with E-state index in [9.17, 15) is 4.79 Å². The maximum Gasteiger partial charge on any atom is 0.290 e. The quantitative estimate of drug-likeness (QED) is 0.793. The molecule has 1 heterocycles. The number of aryl methyl sites for hydroxylation is 1. The number of carbonyl (C=O) groups is 1. The standard InChI is InChI=1S/C12H22N4O/c1-5-6-10-14-11(16-15-10)12(17)13-7-9(4)8(2)3/h8-9H,5-7H2,1-4H3,(H,13,17)(H,14,15,16). The Kier molecular flexibility index (Phi) is 5.12. The summed E-state index contributed by atoms with van der Waals surface area (Å²) >= 11 is 0. The van der Waals surface area contributed by atoms with Crippen LogP contribution in [0.5, 0.6) is 0 Å². The molecule has 0 spiro atoms. The smallest absolute Gasteiger partial charge is 0.290 e.